The summed E-state index contributed by atoms with van der Waals surface area (Å²) in [5.41, 5.74) is 0.835. The summed E-state index contributed by atoms with van der Waals surface area (Å²) < 4.78 is 39.9. The van der Waals surface area contributed by atoms with E-state index >= 15 is 0 Å². The van der Waals surface area contributed by atoms with E-state index in [0.29, 0.717) is 44.7 Å². The van der Waals surface area contributed by atoms with E-state index in [9.17, 15) is 18.0 Å². The maximum absolute atomic E-state index is 13.6. The Morgan fingerprint density at radius 2 is 1.60 bits per heavy atom. The lowest BCUT2D eigenvalue weighted by atomic mass is 10.1. The molecule has 1 heterocycles. The van der Waals surface area contributed by atoms with E-state index in [-0.39, 0.29) is 17.3 Å². The third kappa shape index (κ3) is 4.20. The largest absolute Gasteiger partial charge is 0.336 e. The van der Waals surface area contributed by atoms with Gasteiger partial charge in [0, 0.05) is 38.3 Å². The first-order valence-corrected chi connectivity index (χ1v) is 8.24. The third-order valence-corrected chi connectivity index (χ3v) is 4.48. The molecule has 6 heteroatoms. The second-order valence-corrected chi connectivity index (χ2v) is 6.10. The molecule has 0 spiro atoms. The molecule has 1 amide bonds. The molecule has 0 bridgehead atoms. The maximum Gasteiger partial charge on any atom is 0.254 e. The molecule has 0 unspecified atom stereocenters. The van der Waals surface area contributed by atoms with Gasteiger partial charge in [-0.3, -0.25) is 9.69 Å². The van der Waals surface area contributed by atoms with Gasteiger partial charge in [-0.15, -0.1) is 0 Å². The van der Waals surface area contributed by atoms with Crippen LogP contribution in [0.15, 0.2) is 42.5 Å². The Kier molecular flexibility index (Phi) is 5.38. The van der Waals surface area contributed by atoms with Crippen LogP contribution in [-0.2, 0) is 6.42 Å². The van der Waals surface area contributed by atoms with Crippen LogP contribution in [0.2, 0.25) is 0 Å². The van der Waals surface area contributed by atoms with Crippen LogP contribution in [0.5, 0.6) is 0 Å². The van der Waals surface area contributed by atoms with Gasteiger partial charge in [-0.05, 0) is 36.2 Å². The van der Waals surface area contributed by atoms with Crippen molar-refractivity contribution in [1.29, 1.82) is 0 Å². The van der Waals surface area contributed by atoms with Crippen LogP contribution in [0.25, 0.3) is 0 Å². The molecule has 132 valence electrons. The quantitative estimate of drug-likeness (QED) is 0.848. The normalized spacial score (nSPS) is 15.4. The number of amides is 1. The van der Waals surface area contributed by atoms with Crippen molar-refractivity contribution in [2.24, 2.45) is 0 Å². The van der Waals surface area contributed by atoms with Gasteiger partial charge in [-0.25, -0.2) is 13.2 Å². The lowest BCUT2D eigenvalue weighted by Gasteiger charge is -2.34. The summed E-state index contributed by atoms with van der Waals surface area (Å²) in [4.78, 5) is 16.2. The Labute approximate surface area is 144 Å². The van der Waals surface area contributed by atoms with Crippen molar-refractivity contribution in [1.82, 2.24) is 9.80 Å². The van der Waals surface area contributed by atoms with Crippen LogP contribution in [-0.4, -0.2) is 48.4 Å². The highest BCUT2D eigenvalue weighted by Crippen LogP contribution is 2.14. The first kappa shape index (κ1) is 17.5. The number of halogens is 3. The van der Waals surface area contributed by atoms with Crippen molar-refractivity contribution >= 4 is 5.91 Å². The molecule has 0 radical (unpaired) electrons. The Balaban J connectivity index is 1.52. The molecule has 1 fully saturated rings. The highest BCUT2D eigenvalue weighted by molar-refractivity contribution is 5.94. The predicted molar refractivity (Wildman–Crippen MR) is 88.8 cm³/mol. The summed E-state index contributed by atoms with van der Waals surface area (Å²) in [6, 6.07) is 9.91. The predicted octanol–water partition coefficient (Wildman–Crippen LogP) is 3.10. The lowest BCUT2D eigenvalue weighted by Crippen LogP contribution is -2.49. The van der Waals surface area contributed by atoms with E-state index in [1.54, 1.807) is 17.0 Å². The molecule has 0 aromatic heterocycles. The van der Waals surface area contributed by atoms with Crippen LogP contribution < -0.4 is 0 Å². The molecule has 3 nitrogen and oxygen atoms in total. The lowest BCUT2D eigenvalue weighted by molar-refractivity contribution is 0.0638. The van der Waals surface area contributed by atoms with Gasteiger partial charge < -0.3 is 4.90 Å². The molecule has 0 aliphatic carbocycles. The molecule has 25 heavy (non-hydrogen) atoms. The summed E-state index contributed by atoms with van der Waals surface area (Å²) in [5, 5.41) is 0. The number of rotatable bonds is 4. The number of carbonyl (C=O) groups is 1. The zero-order valence-corrected chi connectivity index (χ0v) is 13.7. The highest BCUT2D eigenvalue weighted by atomic mass is 19.2. The van der Waals surface area contributed by atoms with Crippen LogP contribution in [0.3, 0.4) is 0 Å². The topological polar surface area (TPSA) is 23.6 Å². The summed E-state index contributed by atoms with van der Waals surface area (Å²) in [5.74, 6) is -2.48. The molecule has 0 atom stereocenters. The smallest absolute Gasteiger partial charge is 0.254 e. The fourth-order valence-corrected chi connectivity index (χ4v) is 2.97. The number of hydrogen-bond acceptors (Lipinski definition) is 2. The molecular weight excluding hydrogens is 329 g/mol. The zero-order chi connectivity index (χ0) is 17.8. The number of carbonyl (C=O) groups excluding carboxylic acids is 1. The second kappa shape index (κ2) is 7.70. The summed E-state index contributed by atoms with van der Waals surface area (Å²) in [7, 11) is 0. The fourth-order valence-electron chi connectivity index (χ4n) is 2.97. The number of hydrogen-bond donors (Lipinski definition) is 0. The molecule has 1 aliphatic rings. The molecule has 1 saturated heterocycles. The average molecular weight is 348 g/mol. The average Bonchev–Trinajstić information content (AvgIpc) is 2.63. The van der Waals surface area contributed by atoms with Gasteiger partial charge in [0.05, 0.1) is 0 Å². The summed E-state index contributed by atoms with van der Waals surface area (Å²) in [6.07, 6.45) is 0.615. The monoisotopic (exact) mass is 348 g/mol. The molecule has 2 aromatic rings. The SMILES string of the molecule is O=C(c1ccc(F)c(F)c1)N1CCN(CCc2ccccc2F)CC1. The van der Waals surface area contributed by atoms with Crippen LogP contribution in [0.1, 0.15) is 15.9 Å². The fraction of sp³-hybridized carbons (Fsp3) is 0.316. The van der Waals surface area contributed by atoms with Crippen molar-refractivity contribution < 1.29 is 18.0 Å². The van der Waals surface area contributed by atoms with E-state index in [1.807, 2.05) is 6.07 Å². The van der Waals surface area contributed by atoms with E-state index in [1.165, 1.54) is 12.1 Å². The Bertz CT molecular complexity index is 758. The van der Waals surface area contributed by atoms with Gasteiger partial charge in [0.15, 0.2) is 11.6 Å². The minimum absolute atomic E-state index is 0.152. The maximum atomic E-state index is 13.6. The molecule has 0 saturated carbocycles. The Hall–Kier alpha value is -2.34. The molecule has 3 rings (SSSR count). The van der Waals surface area contributed by atoms with Crippen molar-refractivity contribution in [3.63, 3.8) is 0 Å². The number of piperazine rings is 1. The second-order valence-electron chi connectivity index (χ2n) is 6.10. The summed E-state index contributed by atoms with van der Waals surface area (Å²) in [6.45, 7) is 3.08. The molecule has 1 aliphatic heterocycles. The van der Waals surface area contributed by atoms with Gasteiger partial charge in [-0.2, -0.15) is 0 Å². The highest BCUT2D eigenvalue weighted by Gasteiger charge is 2.22. The van der Waals surface area contributed by atoms with Crippen molar-refractivity contribution in [2.45, 2.75) is 6.42 Å². The van der Waals surface area contributed by atoms with Gasteiger partial charge in [0.2, 0.25) is 0 Å². The Morgan fingerprint density at radius 3 is 2.28 bits per heavy atom. The van der Waals surface area contributed by atoms with Gasteiger partial charge in [0.1, 0.15) is 5.82 Å². The van der Waals surface area contributed by atoms with Crippen molar-refractivity contribution in [2.75, 3.05) is 32.7 Å². The van der Waals surface area contributed by atoms with Gasteiger partial charge in [0.25, 0.3) is 5.91 Å². The van der Waals surface area contributed by atoms with E-state index in [4.69, 9.17) is 0 Å². The molecular formula is C19H19F3N2O. The first-order chi connectivity index (χ1) is 12.0. The van der Waals surface area contributed by atoms with Crippen LogP contribution in [0.4, 0.5) is 13.2 Å². The van der Waals surface area contributed by atoms with Crippen molar-refractivity contribution in [3.8, 4) is 0 Å². The molecule has 2 aromatic carbocycles. The van der Waals surface area contributed by atoms with Crippen LogP contribution >= 0.6 is 0 Å². The minimum atomic E-state index is -1.02. The van der Waals surface area contributed by atoms with E-state index in [0.717, 1.165) is 12.1 Å². The Morgan fingerprint density at radius 1 is 0.880 bits per heavy atom. The van der Waals surface area contributed by atoms with Gasteiger partial charge >= 0.3 is 0 Å². The van der Waals surface area contributed by atoms with Crippen molar-refractivity contribution in [3.05, 3.63) is 71.0 Å². The minimum Gasteiger partial charge on any atom is -0.336 e. The van der Waals surface area contributed by atoms with E-state index < -0.39 is 11.6 Å². The van der Waals surface area contributed by atoms with Gasteiger partial charge in [-0.1, -0.05) is 18.2 Å². The van der Waals surface area contributed by atoms with E-state index in [2.05, 4.69) is 4.90 Å². The first-order valence-electron chi connectivity index (χ1n) is 8.24. The third-order valence-electron chi connectivity index (χ3n) is 4.48. The summed E-state index contributed by atoms with van der Waals surface area (Å²) >= 11 is 0. The zero-order valence-electron chi connectivity index (χ0n) is 13.7. The van der Waals surface area contributed by atoms with Crippen LogP contribution in [0, 0.1) is 17.5 Å². The number of benzene rings is 2. The molecule has 0 N–H and O–H groups in total. The standard InChI is InChI=1S/C19H19F3N2O/c20-16-4-2-1-3-14(16)7-8-23-9-11-24(12-10-23)19(25)15-5-6-17(21)18(22)13-15/h1-6,13H,7-12H2. The number of nitrogens with zero attached hydrogens (tertiary/aromatic N) is 2.